The Morgan fingerprint density at radius 2 is 1.52 bits per heavy atom. The van der Waals surface area contributed by atoms with E-state index in [-0.39, 0.29) is 4.90 Å². The quantitative estimate of drug-likeness (QED) is 0.603. The van der Waals surface area contributed by atoms with E-state index in [0.717, 1.165) is 10.0 Å². The lowest BCUT2D eigenvalue weighted by Gasteiger charge is -2.12. The summed E-state index contributed by atoms with van der Waals surface area (Å²) in [5.74, 6) is 0. The molecule has 0 saturated heterocycles. The molecule has 0 aliphatic carbocycles. The standard InChI is InChI=1S/C14H11Br3N2O3S/c1-8-2-4-10(5-3-8)23(21,22)19-14(20)18-13-11(16)6-9(15)7-12(13)17/h2-7H,1H3,(H2,18,19,20). The maximum absolute atomic E-state index is 12.2. The van der Waals surface area contributed by atoms with Crippen molar-refractivity contribution in [1.82, 2.24) is 4.72 Å². The lowest BCUT2D eigenvalue weighted by molar-refractivity contribution is 0.256. The first kappa shape index (κ1) is 18.4. The zero-order valence-corrected chi connectivity index (χ0v) is 17.3. The molecular formula is C14H11Br3N2O3S. The molecule has 0 fully saturated rings. The Bertz CT molecular complexity index is 829. The van der Waals surface area contributed by atoms with Gasteiger partial charge in [0.2, 0.25) is 0 Å². The van der Waals surface area contributed by atoms with Crippen LogP contribution in [0.1, 0.15) is 5.56 Å². The summed E-state index contributed by atoms with van der Waals surface area (Å²) in [6.07, 6.45) is 0. The fourth-order valence-corrected chi connectivity index (χ4v) is 5.06. The molecule has 5 nitrogen and oxygen atoms in total. The summed E-state index contributed by atoms with van der Waals surface area (Å²) < 4.78 is 28.3. The molecule has 0 saturated carbocycles. The van der Waals surface area contributed by atoms with Gasteiger partial charge in [0.15, 0.2) is 0 Å². The number of carbonyl (C=O) groups excluding carboxylic acids is 1. The van der Waals surface area contributed by atoms with Gasteiger partial charge in [-0.1, -0.05) is 33.6 Å². The van der Waals surface area contributed by atoms with Crippen molar-refractivity contribution in [3.8, 4) is 0 Å². The number of hydrogen-bond donors (Lipinski definition) is 2. The lowest BCUT2D eigenvalue weighted by atomic mass is 10.2. The Morgan fingerprint density at radius 3 is 2.04 bits per heavy atom. The van der Waals surface area contributed by atoms with Crippen LogP contribution in [-0.2, 0) is 10.0 Å². The molecule has 2 amide bonds. The predicted molar refractivity (Wildman–Crippen MR) is 100 cm³/mol. The van der Waals surface area contributed by atoms with E-state index in [1.165, 1.54) is 12.1 Å². The normalized spacial score (nSPS) is 11.1. The summed E-state index contributed by atoms with van der Waals surface area (Å²) in [4.78, 5) is 12.0. The van der Waals surface area contributed by atoms with Gasteiger partial charge in [-0.2, -0.15) is 0 Å². The topological polar surface area (TPSA) is 75.3 Å². The van der Waals surface area contributed by atoms with Crippen LogP contribution in [0.2, 0.25) is 0 Å². The van der Waals surface area contributed by atoms with Crippen molar-refractivity contribution >= 4 is 69.5 Å². The molecule has 0 atom stereocenters. The lowest BCUT2D eigenvalue weighted by Crippen LogP contribution is -2.34. The molecule has 2 aromatic carbocycles. The summed E-state index contributed by atoms with van der Waals surface area (Å²) in [5.41, 5.74) is 1.35. The fourth-order valence-electron chi connectivity index (χ4n) is 1.70. The van der Waals surface area contributed by atoms with Crippen LogP contribution >= 0.6 is 47.8 Å². The van der Waals surface area contributed by atoms with Crippen molar-refractivity contribution in [3.05, 3.63) is 55.4 Å². The number of nitrogens with one attached hydrogen (secondary N) is 2. The zero-order chi connectivity index (χ0) is 17.2. The second-order valence-electron chi connectivity index (χ2n) is 4.62. The summed E-state index contributed by atoms with van der Waals surface area (Å²) in [6, 6.07) is 8.81. The van der Waals surface area contributed by atoms with Crippen molar-refractivity contribution in [2.24, 2.45) is 0 Å². The number of urea groups is 1. The molecule has 9 heteroatoms. The summed E-state index contributed by atoms with van der Waals surface area (Å²) in [6.45, 7) is 1.85. The second-order valence-corrected chi connectivity index (χ2v) is 8.92. The Hall–Kier alpha value is -0.900. The summed E-state index contributed by atoms with van der Waals surface area (Å²) >= 11 is 9.93. The van der Waals surface area contributed by atoms with Crippen LogP contribution in [-0.4, -0.2) is 14.4 Å². The highest BCUT2D eigenvalue weighted by Crippen LogP contribution is 2.34. The predicted octanol–water partition coefficient (Wildman–Crippen LogP) is 4.79. The van der Waals surface area contributed by atoms with Crippen molar-refractivity contribution in [1.29, 1.82) is 0 Å². The van der Waals surface area contributed by atoms with Gasteiger partial charge in [-0.25, -0.2) is 17.9 Å². The highest BCUT2D eigenvalue weighted by molar-refractivity contribution is 9.11. The molecule has 122 valence electrons. The van der Waals surface area contributed by atoms with Crippen molar-refractivity contribution in [2.75, 3.05) is 5.32 Å². The molecule has 0 aliphatic heterocycles. The third kappa shape index (κ3) is 4.79. The molecule has 0 radical (unpaired) electrons. The van der Waals surface area contributed by atoms with E-state index in [4.69, 9.17) is 0 Å². The van der Waals surface area contributed by atoms with Gasteiger partial charge < -0.3 is 5.32 Å². The molecular weight excluding hydrogens is 516 g/mol. The van der Waals surface area contributed by atoms with Crippen LogP contribution in [0.3, 0.4) is 0 Å². The van der Waals surface area contributed by atoms with Crippen LogP contribution in [0, 0.1) is 6.92 Å². The molecule has 2 aromatic rings. The minimum Gasteiger partial charge on any atom is -0.305 e. The van der Waals surface area contributed by atoms with Crippen LogP contribution in [0.15, 0.2) is 54.7 Å². The van der Waals surface area contributed by atoms with Crippen LogP contribution in [0.5, 0.6) is 0 Å². The van der Waals surface area contributed by atoms with Crippen molar-refractivity contribution in [3.63, 3.8) is 0 Å². The minimum absolute atomic E-state index is 0.0205. The van der Waals surface area contributed by atoms with Gasteiger partial charge >= 0.3 is 6.03 Å². The first-order chi connectivity index (χ1) is 10.7. The van der Waals surface area contributed by atoms with Gasteiger partial charge in [-0.05, 0) is 63.0 Å². The fraction of sp³-hybridized carbons (Fsp3) is 0.0714. The van der Waals surface area contributed by atoms with E-state index >= 15 is 0 Å². The second kappa shape index (κ2) is 7.33. The smallest absolute Gasteiger partial charge is 0.305 e. The Morgan fingerprint density at radius 1 is 1.00 bits per heavy atom. The molecule has 0 heterocycles. The minimum atomic E-state index is -3.93. The molecule has 2 N–H and O–H groups in total. The monoisotopic (exact) mass is 524 g/mol. The largest absolute Gasteiger partial charge is 0.333 e. The van der Waals surface area contributed by atoms with Gasteiger partial charge in [-0.15, -0.1) is 0 Å². The Balaban J connectivity index is 2.18. The van der Waals surface area contributed by atoms with E-state index < -0.39 is 16.1 Å². The van der Waals surface area contributed by atoms with Gasteiger partial charge in [0.05, 0.1) is 10.6 Å². The van der Waals surface area contributed by atoms with E-state index in [0.29, 0.717) is 14.6 Å². The zero-order valence-electron chi connectivity index (χ0n) is 11.7. The van der Waals surface area contributed by atoms with Crippen LogP contribution < -0.4 is 10.0 Å². The number of halogens is 3. The maximum atomic E-state index is 12.2. The highest BCUT2D eigenvalue weighted by atomic mass is 79.9. The van der Waals surface area contributed by atoms with Gasteiger partial charge in [-0.3, -0.25) is 0 Å². The average molecular weight is 527 g/mol. The average Bonchev–Trinajstić information content (AvgIpc) is 2.42. The van der Waals surface area contributed by atoms with Gasteiger partial charge in [0.1, 0.15) is 0 Å². The van der Waals surface area contributed by atoms with E-state index in [1.54, 1.807) is 24.3 Å². The Labute approximate surface area is 159 Å². The number of aryl methyl sites for hydroxylation is 1. The van der Waals surface area contributed by atoms with Crippen LogP contribution in [0.25, 0.3) is 0 Å². The number of carbonyl (C=O) groups is 1. The first-order valence-electron chi connectivity index (χ1n) is 6.24. The molecule has 0 aromatic heterocycles. The summed E-state index contributed by atoms with van der Waals surface area (Å²) in [5, 5.41) is 2.50. The van der Waals surface area contributed by atoms with E-state index in [9.17, 15) is 13.2 Å². The van der Waals surface area contributed by atoms with Gasteiger partial charge in [0.25, 0.3) is 10.0 Å². The molecule has 0 spiro atoms. The van der Waals surface area contributed by atoms with Crippen molar-refractivity contribution in [2.45, 2.75) is 11.8 Å². The third-order valence-electron chi connectivity index (χ3n) is 2.80. The third-order valence-corrected chi connectivity index (χ3v) is 5.86. The highest BCUT2D eigenvalue weighted by Gasteiger charge is 2.19. The number of sulfonamides is 1. The number of benzene rings is 2. The summed E-state index contributed by atoms with van der Waals surface area (Å²) in [7, 11) is -3.93. The number of rotatable bonds is 3. The van der Waals surface area contributed by atoms with Crippen LogP contribution in [0.4, 0.5) is 10.5 Å². The first-order valence-corrected chi connectivity index (χ1v) is 10.1. The SMILES string of the molecule is Cc1ccc(S(=O)(=O)NC(=O)Nc2c(Br)cc(Br)cc2Br)cc1. The molecule has 0 bridgehead atoms. The molecule has 0 unspecified atom stereocenters. The molecule has 2 rings (SSSR count). The Kier molecular flexibility index (Phi) is 5.88. The van der Waals surface area contributed by atoms with E-state index in [1.807, 2.05) is 11.6 Å². The molecule has 0 aliphatic rings. The number of hydrogen-bond acceptors (Lipinski definition) is 3. The van der Waals surface area contributed by atoms with Gasteiger partial charge in [0, 0.05) is 13.4 Å². The van der Waals surface area contributed by atoms with E-state index in [2.05, 4.69) is 53.1 Å². The number of anilines is 1. The number of amides is 2. The molecule has 23 heavy (non-hydrogen) atoms. The van der Waals surface area contributed by atoms with Crippen molar-refractivity contribution < 1.29 is 13.2 Å². The maximum Gasteiger partial charge on any atom is 0.333 e.